The minimum absolute atomic E-state index is 0.353. The molecular formula is C38H33N3O4. The second-order valence-electron chi connectivity index (χ2n) is 10.2. The summed E-state index contributed by atoms with van der Waals surface area (Å²) < 4.78 is 22.7. The molecule has 45 heavy (non-hydrogen) atoms. The molecule has 0 atom stereocenters. The molecule has 0 bridgehead atoms. The first-order valence-electron chi connectivity index (χ1n) is 14.3. The van der Waals surface area contributed by atoms with Crippen molar-refractivity contribution in [1.29, 1.82) is 10.5 Å². The van der Waals surface area contributed by atoms with Gasteiger partial charge in [0.25, 0.3) is 0 Å². The number of hydrogen-bond donors (Lipinski definition) is 0. The van der Waals surface area contributed by atoms with Crippen LogP contribution in [-0.4, -0.2) is 28.4 Å². The van der Waals surface area contributed by atoms with E-state index < -0.39 is 0 Å². The molecule has 0 N–H and O–H groups in total. The Kier molecular flexibility index (Phi) is 9.52. The van der Waals surface area contributed by atoms with E-state index in [-0.39, 0.29) is 0 Å². The molecular weight excluding hydrogens is 562 g/mol. The van der Waals surface area contributed by atoms with Gasteiger partial charge in [0.15, 0.2) is 11.5 Å². The van der Waals surface area contributed by atoms with Crippen molar-refractivity contribution in [3.05, 3.63) is 125 Å². The van der Waals surface area contributed by atoms with Gasteiger partial charge in [0.2, 0.25) is 5.75 Å². The zero-order valence-electron chi connectivity index (χ0n) is 25.7. The molecule has 0 aliphatic heterocycles. The maximum atomic E-state index is 10.9. The van der Waals surface area contributed by atoms with Crippen LogP contribution in [0.5, 0.6) is 23.0 Å². The molecule has 0 saturated carbocycles. The lowest BCUT2D eigenvalue weighted by Gasteiger charge is -2.29. The van der Waals surface area contributed by atoms with Crippen LogP contribution in [0.3, 0.4) is 0 Å². The number of ether oxygens (including phenoxy) is 4. The van der Waals surface area contributed by atoms with Crippen LogP contribution in [-0.2, 0) is 13.1 Å². The van der Waals surface area contributed by atoms with Crippen molar-refractivity contribution in [2.45, 2.75) is 13.1 Å². The van der Waals surface area contributed by atoms with Crippen LogP contribution in [0.25, 0.3) is 22.3 Å². The first-order chi connectivity index (χ1) is 22.1. The molecule has 7 heteroatoms. The van der Waals surface area contributed by atoms with Crippen LogP contribution >= 0.6 is 0 Å². The maximum absolute atomic E-state index is 10.9. The SMILES string of the molecule is COc1ccccc1-c1cc(-c2cc(OC)c(OC)c(OC)c2)c(C#N)c(N(Cc2ccccc2)Cc2ccccc2)c1C#N. The number of benzene rings is 5. The molecule has 0 aliphatic rings. The molecule has 224 valence electrons. The Morgan fingerprint density at radius 1 is 0.533 bits per heavy atom. The summed E-state index contributed by atoms with van der Waals surface area (Å²) in [6, 6.07) is 38.1. The Hall–Kier alpha value is -5.92. The largest absolute Gasteiger partial charge is 0.496 e. The molecule has 0 spiro atoms. The summed E-state index contributed by atoms with van der Waals surface area (Å²) >= 11 is 0. The number of para-hydroxylation sites is 1. The van der Waals surface area contributed by atoms with E-state index in [4.69, 9.17) is 18.9 Å². The van der Waals surface area contributed by atoms with Crippen molar-refractivity contribution >= 4 is 5.69 Å². The first kappa shape index (κ1) is 30.5. The number of rotatable bonds is 11. The van der Waals surface area contributed by atoms with Crippen LogP contribution in [0.4, 0.5) is 5.69 Å². The Morgan fingerprint density at radius 3 is 1.51 bits per heavy atom. The Bertz CT molecular complexity index is 1810. The van der Waals surface area contributed by atoms with E-state index in [2.05, 4.69) is 17.0 Å². The number of hydrogen-bond acceptors (Lipinski definition) is 7. The summed E-state index contributed by atoms with van der Waals surface area (Å²) in [5, 5.41) is 21.7. The fraction of sp³-hybridized carbons (Fsp3) is 0.158. The molecule has 0 aromatic heterocycles. The second-order valence-corrected chi connectivity index (χ2v) is 10.2. The van der Waals surface area contributed by atoms with Crippen molar-refractivity contribution in [2.75, 3.05) is 33.3 Å². The number of nitriles is 2. The van der Waals surface area contributed by atoms with Crippen LogP contribution in [0, 0.1) is 22.7 Å². The summed E-state index contributed by atoms with van der Waals surface area (Å²) in [6.45, 7) is 0.923. The molecule has 0 amide bonds. The molecule has 7 nitrogen and oxygen atoms in total. The van der Waals surface area contributed by atoms with Gasteiger partial charge in [-0.15, -0.1) is 0 Å². The zero-order valence-corrected chi connectivity index (χ0v) is 25.7. The smallest absolute Gasteiger partial charge is 0.203 e. The van der Waals surface area contributed by atoms with Gasteiger partial charge in [-0.05, 0) is 41.0 Å². The molecule has 0 aliphatic carbocycles. The van der Waals surface area contributed by atoms with E-state index in [9.17, 15) is 10.5 Å². The van der Waals surface area contributed by atoms with Gasteiger partial charge in [-0.3, -0.25) is 0 Å². The van der Waals surface area contributed by atoms with Crippen LogP contribution in [0.1, 0.15) is 22.3 Å². The minimum Gasteiger partial charge on any atom is -0.496 e. The summed E-state index contributed by atoms with van der Waals surface area (Å²) in [5.41, 5.74) is 5.98. The van der Waals surface area contributed by atoms with E-state index in [1.165, 1.54) is 0 Å². The van der Waals surface area contributed by atoms with Crippen molar-refractivity contribution < 1.29 is 18.9 Å². The molecule has 5 aromatic carbocycles. The van der Waals surface area contributed by atoms with Gasteiger partial charge in [0, 0.05) is 29.8 Å². The van der Waals surface area contributed by atoms with E-state index in [1.807, 2.05) is 103 Å². The highest BCUT2D eigenvalue weighted by atomic mass is 16.5. The topological polar surface area (TPSA) is 87.7 Å². The van der Waals surface area contributed by atoms with Crippen LogP contribution in [0.2, 0.25) is 0 Å². The zero-order chi connectivity index (χ0) is 31.8. The van der Waals surface area contributed by atoms with Crippen molar-refractivity contribution in [3.63, 3.8) is 0 Å². The van der Waals surface area contributed by atoms with Gasteiger partial charge in [-0.2, -0.15) is 10.5 Å². The molecule has 0 heterocycles. The third kappa shape index (κ3) is 6.25. The van der Waals surface area contributed by atoms with Crippen molar-refractivity contribution in [3.8, 4) is 57.4 Å². The maximum Gasteiger partial charge on any atom is 0.203 e. The Balaban J connectivity index is 1.89. The van der Waals surface area contributed by atoms with Gasteiger partial charge < -0.3 is 23.8 Å². The van der Waals surface area contributed by atoms with Gasteiger partial charge in [0.05, 0.1) is 45.3 Å². The van der Waals surface area contributed by atoms with E-state index in [0.29, 0.717) is 69.6 Å². The van der Waals surface area contributed by atoms with Gasteiger partial charge in [0.1, 0.15) is 17.9 Å². The molecule has 5 aromatic rings. The average Bonchev–Trinajstić information content (AvgIpc) is 3.10. The molecule has 0 saturated heterocycles. The van der Waals surface area contributed by atoms with Crippen molar-refractivity contribution in [2.24, 2.45) is 0 Å². The molecule has 0 fully saturated rings. The highest BCUT2D eigenvalue weighted by Gasteiger charge is 2.27. The summed E-state index contributed by atoms with van der Waals surface area (Å²) in [6.07, 6.45) is 0. The Labute approximate surface area is 264 Å². The van der Waals surface area contributed by atoms with Crippen LogP contribution in [0.15, 0.2) is 103 Å². The van der Waals surface area contributed by atoms with Gasteiger partial charge in [-0.1, -0.05) is 78.9 Å². The lowest BCUT2D eigenvalue weighted by atomic mass is 9.88. The van der Waals surface area contributed by atoms with Gasteiger partial charge >= 0.3 is 0 Å². The standard InChI is InChI=1S/C38H33N3O4/c1-42-34-18-12-11-17-29(34)31-21-30(28-19-35(43-2)38(45-4)36(20-28)44-3)32(22-39)37(33(31)23-40)41(24-26-13-7-5-8-14-26)25-27-15-9-6-10-16-27/h5-21H,24-25H2,1-4H3. The molecule has 5 rings (SSSR count). The highest BCUT2D eigenvalue weighted by Crippen LogP contribution is 2.47. The predicted molar refractivity (Wildman–Crippen MR) is 176 cm³/mol. The monoisotopic (exact) mass is 595 g/mol. The van der Waals surface area contributed by atoms with Gasteiger partial charge in [-0.25, -0.2) is 0 Å². The van der Waals surface area contributed by atoms with Crippen LogP contribution < -0.4 is 23.8 Å². The summed E-state index contributed by atoms with van der Waals surface area (Å²) in [5.74, 6) is 1.95. The number of anilines is 1. The van der Waals surface area contributed by atoms with E-state index in [0.717, 1.165) is 16.7 Å². The molecule has 0 radical (unpaired) electrons. The summed E-state index contributed by atoms with van der Waals surface area (Å²) in [4.78, 5) is 2.10. The van der Waals surface area contributed by atoms with Crippen molar-refractivity contribution in [1.82, 2.24) is 0 Å². The fourth-order valence-electron chi connectivity index (χ4n) is 5.58. The first-order valence-corrected chi connectivity index (χ1v) is 14.3. The normalized spacial score (nSPS) is 10.4. The summed E-state index contributed by atoms with van der Waals surface area (Å²) in [7, 11) is 6.26. The lowest BCUT2D eigenvalue weighted by molar-refractivity contribution is 0.324. The molecule has 0 unspecified atom stereocenters. The quantitative estimate of drug-likeness (QED) is 0.153. The third-order valence-electron chi connectivity index (χ3n) is 7.65. The fourth-order valence-corrected chi connectivity index (χ4v) is 5.58. The third-order valence-corrected chi connectivity index (χ3v) is 7.65. The predicted octanol–water partition coefficient (Wildman–Crippen LogP) is 8.01. The number of methoxy groups -OCH3 is 4. The van der Waals surface area contributed by atoms with E-state index in [1.54, 1.807) is 28.4 Å². The number of nitrogens with zero attached hydrogens (tertiary/aromatic N) is 3. The highest BCUT2D eigenvalue weighted by molar-refractivity contribution is 5.92. The average molecular weight is 596 g/mol. The Morgan fingerprint density at radius 2 is 1.02 bits per heavy atom. The second kappa shape index (κ2) is 14.0. The van der Waals surface area contributed by atoms with E-state index >= 15 is 0 Å². The lowest BCUT2D eigenvalue weighted by Crippen LogP contribution is -2.24. The minimum atomic E-state index is 0.353.